The molecule has 0 saturated heterocycles. The number of fused-ring (bicyclic) bond motifs is 1. The Bertz CT molecular complexity index is 403. The fourth-order valence-corrected chi connectivity index (χ4v) is 2.50. The van der Waals surface area contributed by atoms with Gasteiger partial charge in [-0.2, -0.15) is 0 Å². The maximum Gasteiger partial charge on any atom is 0.0479 e. The van der Waals surface area contributed by atoms with Gasteiger partial charge in [0.2, 0.25) is 0 Å². The molecular formula is C12H12Cl2. The highest BCUT2D eigenvalue weighted by atomic mass is 35.5. The lowest BCUT2D eigenvalue weighted by molar-refractivity contribution is 0.753. The normalized spacial score (nSPS) is 15.2. The van der Waals surface area contributed by atoms with Crippen LogP contribution in [0.4, 0.5) is 0 Å². The average Bonchev–Trinajstić information content (AvgIpc) is 2.43. The molecule has 1 aromatic carbocycles. The lowest BCUT2D eigenvalue weighted by atomic mass is 10.0. The van der Waals surface area contributed by atoms with Crippen LogP contribution in [0.5, 0.6) is 0 Å². The molecule has 0 unspecified atom stereocenters. The number of halogens is 2. The molecule has 0 amide bonds. The van der Waals surface area contributed by atoms with Gasteiger partial charge in [-0.1, -0.05) is 43.1 Å². The lowest BCUT2D eigenvalue weighted by Crippen LogP contribution is -1.93. The quantitative estimate of drug-likeness (QED) is 0.662. The predicted octanol–water partition coefficient (Wildman–Crippen LogP) is 4.50. The summed E-state index contributed by atoms with van der Waals surface area (Å²) < 4.78 is 0. The second-order valence-corrected chi connectivity index (χ2v) is 4.79. The van der Waals surface area contributed by atoms with Crippen LogP contribution < -0.4 is 0 Å². The summed E-state index contributed by atoms with van der Waals surface area (Å²) >= 11 is 12.2. The molecule has 0 fully saturated rings. The van der Waals surface area contributed by atoms with Crippen molar-refractivity contribution >= 4 is 28.2 Å². The molecule has 0 N–H and O–H groups in total. The molecule has 1 aromatic rings. The molecule has 0 spiro atoms. The Morgan fingerprint density at radius 2 is 1.93 bits per heavy atom. The van der Waals surface area contributed by atoms with Gasteiger partial charge in [-0.05, 0) is 41.2 Å². The van der Waals surface area contributed by atoms with Crippen LogP contribution in [0.3, 0.4) is 0 Å². The van der Waals surface area contributed by atoms with Gasteiger partial charge in [-0.15, -0.1) is 0 Å². The number of hydrogen-bond donors (Lipinski definition) is 0. The van der Waals surface area contributed by atoms with Crippen molar-refractivity contribution in [2.75, 3.05) is 0 Å². The van der Waals surface area contributed by atoms with Crippen molar-refractivity contribution in [3.8, 4) is 0 Å². The first-order valence-corrected chi connectivity index (χ1v) is 5.52. The topological polar surface area (TPSA) is 0 Å². The Morgan fingerprint density at radius 1 is 1.21 bits per heavy atom. The standard InChI is InChI=1S/C12H12Cl2/c1-7(2)11-6-8-5-9(13)3-4-10(8)12(11)14/h3-5,7H,6H2,1-2H3. The highest BCUT2D eigenvalue weighted by molar-refractivity contribution is 6.50. The smallest absolute Gasteiger partial charge is 0.0479 e. The monoisotopic (exact) mass is 226 g/mol. The minimum absolute atomic E-state index is 0.508. The molecule has 2 rings (SSSR count). The molecule has 0 radical (unpaired) electrons. The summed E-state index contributed by atoms with van der Waals surface area (Å²) in [5, 5.41) is 1.71. The SMILES string of the molecule is CC(C)C1=C(Cl)c2ccc(Cl)cc2C1. The maximum absolute atomic E-state index is 6.29. The molecule has 0 atom stereocenters. The third kappa shape index (κ3) is 1.57. The molecule has 14 heavy (non-hydrogen) atoms. The summed E-state index contributed by atoms with van der Waals surface area (Å²) in [6, 6.07) is 5.91. The Balaban J connectivity index is 2.47. The number of hydrogen-bond acceptors (Lipinski definition) is 0. The fraction of sp³-hybridized carbons (Fsp3) is 0.333. The molecule has 0 aromatic heterocycles. The van der Waals surface area contributed by atoms with Crippen LogP contribution in [0.1, 0.15) is 25.0 Å². The lowest BCUT2D eigenvalue weighted by Gasteiger charge is -2.05. The van der Waals surface area contributed by atoms with Gasteiger partial charge >= 0.3 is 0 Å². The minimum Gasteiger partial charge on any atom is -0.0843 e. The number of benzene rings is 1. The maximum atomic E-state index is 6.29. The van der Waals surface area contributed by atoms with E-state index in [4.69, 9.17) is 23.2 Å². The van der Waals surface area contributed by atoms with Gasteiger partial charge < -0.3 is 0 Å². The van der Waals surface area contributed by atoms with E-state index in [0.29, 0.717) is 5.92 Å². The van der Waals surface area contributed by atoms with Crippen molar-refractivity contribution in [3.05, 3.63) is 39.9 Å². The predicted molar refractivity (Wildman–Crippen MR) is 62.8 cm³/mol. The minimum atomic E-state index is 0.508. The molecule has 1 aliphatic rings. The largest absolute Gasteiger partial charge is 0.0843 e. The van der Waals surface area contributed by atoms with Gasteiger partial charge in [-0.3, -0.25) is 0 Å². The van der Waals surface area contributed by atoms with Gasteiger partial charge in [0.05, 0.1) is 0 Å². The van der Waals surface area contributed by atoms with Crippen LogP contribution in [0.25, 0.3) is 5.03 Å². The first-order valence-electron chi connectivity index (χ1n) is 4.77. The van der Waals surface area contributed by atoms with Crippen molar-refractivity contribution in [2.45, 2.75) is 20.3 Å². The molecule has 74 valence electrons. The zero-order chi connectivity index (χ0) is 10.3. The van der Waals surface area contributed by atoms with Crippen molar-refractivity contribution in [1.82, 2.24) is 0 Å². The van der Waals surface area contributed by atoms with E-state index < -0.39 is 0 Å². The van der Waals surface area contributed by atoms with E-state index in [1.54, 1.807) is 0 Å². The molecule has 2 heteroatoms. The third-order valence-corrected chi connectivity index (χ3v) is 3.34. The van der Waals surface area contributed by atoms with Gasteiger partial charge in [0.1, 0.15) is 0 Å². The molecule has 0 nitrogen and oxygen atoms in total. The first-order chi connectivity index (χ1) is 6.59. The van der Waals surface area contributed by atoms with Gasteiger partial charge in [0.15, 0.2) is 0 Å². The fourth-order valence-electron chi connectivity index (χ4n) is 1.84. The van der Waals surface area contributed by atoms with Crippen LogP contribution in [0, 0.1) is 5.92 Å². The second kappa shape index (κ2) is 3.60. The van der Waals surface area contributed by atoms with E-state index in [9.17, 15) is 0 Å². The van der Waals surface area contributed by atoms with Gasteiger partial charge in [0.25, 0.3) is 0 Å². The van der Waals surface area contributed by atoms with Crippen LogP contribution in [-0.4, -0.2) is 0 Å². The van der Waals surface area contributed by atoms with E-state index in [1.807, 2.05) is 18.2 Å². The average molecular weight is 227 g/mol. The summed E-state index contributed by atoms with van der Waals surface area (Å²) in [4.78, 5) is 0. The molecule has 0 saturated carbocycles. The first kappa shape index (κ1) is 10.1. The van der Waals surface area contributed by atoms with Gasteiger partial charge in [-0.25, -0.2) is 0 Å². The Labute approximate surface area is 94.5 Å². The van der Waals surface area contributed by atoms with Gasteiger partial charge in [0, 0.05) is 10.1 Å². The van der Waals surface area contributed by atoms with Crippen molar-refractivity contribution in [2.24, 2.45) is 5.92 Å². The summed E-state index contributed by atoms with van der Waals surface area (Å²) in [5.41, 5.74) is 3.73. The van der Waals surface area contributed by atoms with Crippen LogP contribution in [-0.2, 0) is 6.42 Å². The van der Waals surface area contributed by atoms with E-state index >= 15 is 0 Å². The zero-order valence-electron chi connectivity index (χ0n) is 8.27. The van der Waals surface area contributed by atoms with Crippen LogP contribution >= 0.6 is 23.2 Å². The van der Waals surface area contributed by atoms with E-state index in [2.05, 4.69) is 13.8 Å². The van der Waals surface area contributed by atoms with E-state index in [-0.39, 0.29) is 0 Å². The Kier molecular flexibility index (Phi) is 2.59. The molecular weight excluding hydrogens is 215 g/mol. The van der Waals surface area contributed by atoms with Crippen molar-refractivity contribution in [1.29, 1.82) is 0 Å². The molecule has 0 heterocycles. The van der Waals surface area contributed by atoms with E-state index in [0.717, 1.165) is 22.0 Å². The number of allylic oxidation sites excluding steroid dienone is 1. The van der Waals surface area contributed by atoms with Crippen molar-refractivity contribution in [3.63, 3.8) is 0 Å². The summed E-state index contributed by atoms with van der Waals surface area (Å²) in [5.74, 6) is 0.508. The zero-order valence-corrected chi connectivity index (χ0v) is 9.78. The summed E-state index contributed by atoms with van der Waals surface area (Å²) in [7, 11) is 0. The van der Waals surface area contributed by atoms with Crippen LogP contribution in [0.15, 0.2) is 23.8 Å². The summed E-state index contributed by atoms with van der Waals surface area (Å²) in [6.45, 7) is 4.34. The Hall–Kier alpha value is -0.460. The molecule has 1 aliphatic carbocycles. The third-order valence-electron chi connectivity index (χ3n) is 2.66. The highest BCUT2D eigenvalue weighted by Crippen LogP contribution is 2.39. The van der Waals surface area contributed by atoms with Crippen molar-refractivity contribution < 1.29 is 0 Å². The second-order valence-electron chi connectivity index (χ2n) is 3.97. The summed E-state index contributed by atoms with van der Waals surface area (Å²) in [6.07, 6.45) is 0.951. The highest BCUT2D eigenvalue weighted by Gasteiger charge is 2.21. The van der Waals surface area contributed by atoms with E-state index in [1.165, 1.54) is 11.1 Å². The number of rotatable bonds is 1. The molecule has 0 bridgehead atoms. The van der Waals surface area contributed by atoms with Crippen LogP contribution in [0.2, 0.25) is 5.02 Å². The molecule has 0 aliphatic heterocycles. The Morgan fingerprint density at radius 3 is 2.57 bits per heavy atom.